The standard InChI is InChI=1S/C7H12O4S2/c8-6(9)4(12)2-1-3-5(13)7(10)11/h4-5,12-13H,1-3H2,(H,8,9)(H,10,11). The molecule has 0 aliphatic heterocycles. The molecule has 0 aromatic heterocycles. The summed E-state index contributed by atoms with van der Waals surface area (Å²) in [5.74, 6) is -1.95. The molecule has 0 saturated carbocycles. The van der Waals surface area contributed by atoms with E-state index >= 15 is 0 Å². The molecule has 2 unspecified atom stereocenters. The summed E-state index contributed by atoms with van der Waals surface area (Å²) in [7, 11) is 0. The lowest BCUT2D eigenvalue weighted by atomic mass is 10.1. The van der Waals surface area contributed by atoms with Gasteiger partial charge in [0.2, 0.25) is 0 Å². The average Bonchev–Trinajstić information content (AvgIpc) is 2.03. The number of hydrogen-bond acceptors (Lipinski definition) is 4. The molecule has 0 rings (SSSR count). The molecule has 0 aromatic rings. The van der Waals surface area contributed by atoms with Crippen LogP contribution in [-0.4, -0.2) is 32.7 Å². The van der Waals surface area contributed by atoms with Gasteiger partial charge in [-0.15, -0.1) is 0 Å². The van der Waals surface area contributed by atoms with Gasteiger partial charge in [0.15, 0.2) is 0 Å². The van der Waals surface area contributed by atoms with Crippen molar-refractivity contribution in [2.45, 2.75) is 29.8 Å². The van der Waals surface area contributed by atoms with Gasteiger partial charge in [0, 0.05) is 0 Å². The zero-order valence-electron chi connectivity index (χ0n) is 6.88. The van der Waals surface area contributed by atoms with Gasteiger partial charge in [0.1, 0.15) is 0 Å². The van der Waals surface area contributed by atoms with E-state index in [0.717, 1.165) is 0 Å². The van der Waals surface area contributed by atoms with Crippen LogP contribution in [0.5, 0.6) is 0 Å². The van der Waals surface area contributed by atoms with Gasteiger partial charge in [-0.05, 0) is 12.8 Å². The predicted molar refractivity (Wildman–Crippen MR) is 54.7 cm³/mol. The molecule has 0 amide bonds. The molecule has 0 aromatic carbocycles. The molecule has 0 heterocycles. The van der Waals surface area contributed by atoms with Crippen LogP contribution in [0.15, 0.2) is 0 Å². The molecule has 0 radical (unpaired) electrons. The Bertz CT molecular complexity index is 175. The summed E-state index contributed by atoms with van der Waals surface area (Å²) >= 11 is 7.61. The maximum Gasteiger partial charge on any atom is 0.316 e. The highest BCUT2D eigenvalue weighted by Gasteiger charge is 2.15. The molecule has 2 N–H and O–H groups in total. The van der Waals surface area contributed by atoms with E-state index in [1.807, 2.05) is 0 Å². The second-order valence-electron chi connectivity index (χ2n) is 2.64. The van der Waals surface area contributed by atoms with E-state index in [0.29, 0.717) is 19.3 Å². The topological polar surface area (TPSA) is 74.6 Å². The van der Waals surface area contributed by atoms with Crippen molar-refractivity contribution in [2.24, 2.45) is 0 Å². The molecule has 0 spiro atoms. The lowest BCUT2D eigenvalue weighted by Crippen LogP contribution is -2.16. The van der Waals surface area contributed by atoms with Crippen molar-refractivity contribution in [2.75, 3.05) is 0 Å². The lowest BCUT2D eigenvalue weighted by Gasteiger charge is -2.06. The molecule has 0 bridgehead atoms. The van der Waals surface area contributed by atoms with Gasteiger partial charge in [-0.2, -0.15) is 25.3 Å². The fourth-order valence-electron chi connectivity index (χ4n) is 0.752. The van der Waals surface area contributed by atoms with Crippen molar-refractivity contribution in [1.82, 2.24) is 0 Å². The van der Waals surface area contributed by atoms with E-state index in [2.05, 4.69) is 25.3 Å². The highest BCUT2D eigenvalue weighted by molar-refractivity contribution is 7.82. The molecular weight excluding hydrogens is 212 g/mol. The Morgan fingerprint density at radius 1 is 1.00 bits per heavy atom. The minimum absolute atomic E-state index is 0.364. The zero-order chi connectivity index (χ0) is 10.4. The first-order chi connectivity index (χ1) is 5.95. The first kappa shape index (κ1) is 12.6. The molecular formula is C7H12O4S2. The van der Waals surface area contributed by atoms with E-state index in [9.17, 15) is 9.59 Å². The Morgan fingerprint density at radius 3 is 1.54 bits per heavy atom. The van der Waals surface area contributed by atoms with Gasteiger partial charge in [-0.3, -0.25) is 9.59 Å². The monoisotopic (exact) mass is 224 g/mol. The predicted octanol–water partition coefficient (Wildman–Crippen LogP) is 0.923. The molecule has 0 aliphatic carbocycles. The summed E-state index contributed by atoms with van der Waals surface area (Å²) in [5.41, 5.74) is 0. The third-order valence-electron chi connectivity index (χ3n) is 1.53. The Labute approximate surface area is 87.2 Å². The Morgan fingerprint density at radius 2 is 1.31 bits per heavy atom. The third kappa shape index (κ3) is 5.81. The van der Waals surface area contributed by atoms with Crippen LogP contribution in [0, 0.1) is 0 Å². The fraction of sp³-hybridized carbons (Fsp3) is 0.714. The van der Waals surface area contributed by atoms with Crippen LogP contribution < -0.4 is 0 Å². The number of rotatable bonds is 6. The number of carboxylic acids is 2. The summed E-state index contributed by atoms with van der Waals surface area (Å²) in [4.78, 5) is 20.6. The van der Waals surface area contributed by atoms with Gasteiger partial charge < -0.3 is 10.2 Å². The highest BCUT2D eigenvalue weighted by atomic mass is 32.1. The smallest absolute Gasteiger partial charge is 0.316 e. The summed E-state index contributed by atoms with van der Waals surface area (Å²) in [6.45, 7) is 0. The third-order valence-corrected chi connectivity index (χ3v) is 2.48. The van der Waals surface area contributed by atoms with Crippen LogP contribution >= 0.6 is 25.3 Å². The van der Waals surface area contributed by atoms with Crippen LogP contribution in [0.1, 0.15) is 19.3 Å². The normalized spacial score (nSPS) is 14.9. The lowest BCUT2D eigenvalue weighted by molar-refractivity contribution is -0.137. The van der Waals surface area contributed by atoms with E-state index in [-0.39, 0.29) is 0 Å². The molecule has 4 nitrogen and oxygen atoms in total. The SMILES string of the molecule is O=C(O)C(S)CCCC(S)C(=O)O. The number of hydrogen-bond donors (Lipinski definition) is 4. The van der Waals surface area contributed by atoms with E-state index in [1.54, 1.807) is 0 Å². The van der Waals surface area contributed by atoms with Gasteiger partial charge in [0.05, 0.1) is 10.5 Å². The second-order valence-corrected chi connectivity index (χ2v) is 3.89. The molecule has 76 valence electrons. The zero-order valence-corrected chi connectivity index (χ0v) is 8.67. The van der Waals surface area contributed by atoms with Gasteiger partial charge in [-0.1, -0.05) is 6.42 Å². The van der Waals surface area contributed by atoms with Crippen molar-refractivity contribution in [3.8, 4) is 0 Å². The Hall–Kier alpha value is -0.360. The number of aliphatic carboxylic acids is 2. The summed E-state index contributed by atoms with van der Waals surface area (Å²) in [6.07, 6.45) is 1.23. The summed E-state index contributed by atoms with van der Waals surface area (Å²) in [5, 5.41) is 15.5. The molecule has 0 saturated heterocycles. The number of carbonyl (C=O) groups is 2. The van der Waals surface area contributed by atoms with Gasteiger partial charge in [-0.25, -0.2) is 0 Å². The van der Waals surface area contributed by atoms with E-state index in [1.165, 1.54) is 0 Å². The fourth-order valence-corrected chi connectivity index (χ4v) is 1.12. The Balaban J connectivity index is 3.56. The largest absolute Gasteiger partial charge is 0.480 e. The minimum atomic E-state index is -0.977. The van der Waals surface area contributed by atoms with Crippen LogP contribution in [0.3, 0.4) is 0 Å². The van der Waals surface area contributed by atoms with Crippen LogP contribution in [-0.2, 0) is 9.59 Å². The molecule has 0 aliphatic rings. The van der Waals surface area contributed by atoms with Crippen molar-refractivity contribution >= 4 is 37.2 Å². The van der Waals surface area contributed by atoms with Crippen molar-refractivity contribution < 1.29 is 19.8 Å². The maximum absolute atomic E-state index is 10.3. The molecule has 13 heavy (non-hydrogen) atoms. The molecule has 0 fully saturated rings. The second kappa shape index (κ2) is 6.15. The van der Waals surface area contributed by atoms with Crippen molar-refractivity contribution in [1.29, 1.82) is 0 Å². The van der Waals surface area contributed by atoms with Gasteiger partial charge in [0.25, 0.3) is 0 Å². The van der Waals surface area contributed by atoms with Crippen molar-refractivity contribution in [3.05, 3.63) is 0 Å². The van der Waals surface area contributed by atoms with Crippen LogP contribution in [0.25, 0.3) is 0 Å². The molecule has 6 heteroatoms. The molecule has 2 atom stereocenters. The quantitative estimate of drug-likeness (QED) is 0.506. The van der Waals surface area contributed by atoms with Crippen LogP contribution in [0.2, 0.25) is 0 Å². The van der Waals surface area contributed by atoms with E-state index in [4.69, 9.17) is 10.2 Å². The first-order valence-corrected chi connectivity index (χ1v) is 4.80. The first-order valence-electron chi connectivity index (χ1n) is 3.77. The van der Waals surface area contributed by atoms with Crippen molar-refractivity contribution in [3.63, 3.8) is 0 Å². The number of carboxylic acid groups (broad SMARTS) is 2. The Kier molecular flexibility index (Phi) is 5.98. The van der Waals surface area contributed by atoms with Crippen LogP contribution in [0.4, 0.5) is 0 Å². The minimum Gasteiger partial charge on any atom is -0.480 e. The average molecular weight is 224 g/mol. The number of thiol groups is 2. The highest BCUT2D eigenvalue weighted by Crippen LogP contribution is 2.12. The summed E-state index contributed by atoms with van der Waals surface area (Å²) in [6, 6.07) is 0. The maximum atomic E-state index is 10.3. The van der Waals surface area contributed by atoms with Gasteiger partial charge >= 0.3 is 11.9 Å². The van der Waals surface area contributed by atoms with E-state index < -0.39 is 22.4 Å². The summed E-state index contributed by atoms with van der Waals surface area (Å²) < 4.78 is 0.